The van der Waals surface area contributed by atoms with Crippen molar-refractivity contribution in [1.82, 2.24) is 24.8 Å². The summed E-state index contributed by atoms with van der Waals surface area (Å²) < 4.78 is 0. The molecule has 4 rings (SSSR count). The number of nitrogens with one attached hydrogen (secondary N) is 1. The van der Waals surface area contributed by atoms with Crippen molar-refractivity contribution >= 4 is 0 Å². The Bertz CT molecular complexity index is 1040. The number of H-pyrrole nitrogens is 1. The van der Waals surface area contributed by atoms with Crippen LogP contribution in [-0.4, -0.2) is 31.4 Å². The van der Waals surface area contributed by atoms with Gasteiger partial charge >= 0.3 is 0 Å². The van der Waals surface area contributed by atoms with Crippen LogP contribution >= 0.6 is 0 Å². The maximum atomic E-state index is 12.4. The minimum atomic E-state index is -0.0856. The van der Waals surface area contributed by atoms with E-state index in [0.717, 1.165) is 35.5 Å². The van der Waals surface area contributed by atoms with Gasteiger partial charge in [0.25, 0.3) is 5.56 Å². The lowest BCUT2D eigenvalue weighted by Crippen LogP contribution is -2.35. The van der Waals surface area contributed by atoms with Crippen LogP contribution in [0.15, 0.2) is 47.8 Å². The molecule has 0 saturated heterocycles. The first-order valence-corrected chi connectivity index (χ1v) is 8.39. The van der Waals surface area contributed by atoms with Crippen molar-refractivity contribution in [2.45, 2.75) is 19.5 Å². The molecule has 0 unspecified atom stereocenters. The first-order valence-electron chi connectivity index (χ1n) is 8.39. The molecule has 0 amide bonds. The van der Waals surface area contributed by atoms with Crippen LogP contribution in [0.1, 0.15) is 22.4 Å². The number of rotatable bonds is 3. The topological polar surface area (TPSA) is 74.8 Å². The molecule has 0 spiro atoms. The Balaban J connectivity index is 1.63. The summed E-state index contributed by atoms with van der Waals surface area (Å²) in [6.07, 6.45) is 11.0. The Morgan fingerprint density at radius 3 is 2.85 bits per heavy atom. The first kappa shape index (κ1) is 16.2. The third-order valence-corrected chi connectivity index (χ3v) is 4.55. The molecule has 26 heavy (non-hydrogen) atoms. The Morgan fingerprint density at radius 1 is 1.23 bits per heavy atom. The van der Waals surface area contributed by atoms with Crippen molar-refractivity contribution < 1.29 is 0 Å². The highest BCUT2D eigenvalue weighted by Gasteiger charge is 2.22. The summed E-state index contributed by atoms with van der Waals surface area (Å²) in [7, 11) is 0. The molecule has 2 aromatic heterocycles. The van der Waals surface area contributed by atoms with Crippen molar-refractivity contribution in [1.29, 1.82) is 0 Å². The van der Waals surface area contributed by atoms with Crippen molar-refractivity contribution in [3.05, 3.63) is 75.7 Å². The van der Waals surface area contributed by atoms with Gasteiger partial charge in [0.1, 0.15) is 12.2 Å². The lowest BCUT2D eigenvalue weighted by molar-refractivity contribution is 0.240. The molecule has 1 N–H and O–H groups in total. The van der Waals surface area contributed by atoms with Crippen molar-refractivity contribution in [3.8, 4) is 23.7 Å². The summed E-state index contributed by atoms with van der Waals surface area (Å²) in [5.74, 6) is 3.23. The Hall–Kier alpha value is -3.30. The average Bonchev–Trinajstić information content (AvgIpc) is 2.69. The fourth-order valence-electron chi connectivity index (χ4n) is 3.23. The van der Waals surface area contributed by atoms with Crippen molar-refractivity contribution in [2.75, 3.05) is 6.54 Å². The molecule has 1 aliphatic heterocycles. The molecule has 3 heterocycles. The maximum absolute atomic E-state index is 12.4. The lowest BCUT2D eigenvalue weighted by atomic mass is 10.0. The van der Waals surface area contributed by atoms with Crippen LogP contribution in [0.2, 0.25) is 0 Å². The minimum absolute atomic E-state index is 0.0856. The molecule has 0 fully saturated rings. The monoisotopic (exact) mass is 343 g/mol. The van der Waals surface area contributed by atoms with Crippen LogP contribution in [0, 0.1) is 12.3 Å². The molecule has 0 saturated carbocycles. The molecule has 0 atom stereocenters. The molecule has 1 aliphatic rings. The molecule has 6 heteroatoms. The molecule has 0 radical (unpaired) electrons. The summed E-state index contributed by atoms with van der Waals surface area (Å²) in [5.41, 5.74) is 4.18. The fourth-order valence-corrected chi connectivity index (χ4v) is 3.23. The van der Waals surface area contributed by atoms with Crippen molar-refractivity contribution in [2.24, 2.45) is 0 Å². The van der Waals surface area contributed by atoms with E-state index in [1.165, 1.54) is 6.33 Å². The number of aromatic amines is 1. The number of hydrogen-bond donors (Lipinski definition) is 1. The van der Waals surface area contributed by atoms with Crippen LogP contribution in [0.25, 0.3) is 11.4 Å². The number of nitrogens with zero attached hydrogens (tertiary/aromatic N) is 4. The van der Waals surface area contributed by atoms with Gasteiger partial charge < -0.3 is 4.98 Å². The number of fused-ring (bicyclic) bond motifs is 1. The fraction of sp³-hybridized carbons (Fsp3) is 0.200. The molecule has 3 aromatic rings. The van der Waals surface area contributed by atoms with Gasteiger partial charge in [0.15, 0.2) is 0 Å². The average molecular weight is 343 g/mol. The molecular formula is C20H17N5O. The van der Waals surface area contributed by atoms with E-state index >= 15 is 0 Å². The standard InChI is InChI=1S/C20H17N5O/c1-2-14-5-3-4-6-15(14)11-25-8-7-17-18(12-25)23-19(24-20(17)26)16-9-21-13-22-10-16/h1,3-6,9-10,13H,7-8,11-12H2,(H,23,24,26). The van der Waals surface area contributed by atoms with E-state index in [1.54, 1.807) is 12.4 Å². The second-order valence-electron chi connectivity index (χ2n) is 6.23. The predicted octanol–water partition coefficient (Wildman–Crippen LogP) is 1.77. The number of hydrogen-bond acceptors (Lipinski definition) is 5. The normalized spacial score (nSPS) is 13.8. The summed E-state index contributed by atoms with van der Waals surface area (Å²) in [5, 5.41) is 0. The third kappa shape index (κ3) is 3.13. The van der Waals surface area contributed by atoms with E-state index in [9.17, 15) is 4.79 Å². The van der Waals surface area contributed by atoms with E-state index in [1.807, 2.05) is 24.3 Å². The second-order valence-corrected chi connectivity index (χ2v) is 6.23. The molecule has 0 bridgehead atoms. The quantitative estimate of drug-likeness (QED) is 0.734. The third-order valence-electron chi connectivity index (χ3n) is 4.55. The Morgan fingerprint density at radius 2 is 2.04 bits per heavy atom. The number of aromatic nitrogens is 4. The van der Waals surface area contributed by atoms with Crippen LogP contribution < -0.4 is 5.56 Å². The molecular weight excluding hydrogens is 326 g/mol. The van der Waals surface area contributed by atoms with Crippen LogP contribution in [0.4, 0.5) is 0 Å². The number of benzene rings is 1. The van der Waals surface area contributed by atoms with Gasteiger partial charge in [-0.1, -0.05) is 24.1 Å². The van der Waals surface area contributed by atoms with E-state index in [0.29, 0.717) is 24.4 Å². The van der Waals surface area contributed by atoms with Crippen LogP contribution in [0.3, 0.4) is 0 Å². The van der Waals surface area contributed by atoms with Crippen LogP contribution in [0.5, 0.6) is 0 Å². The molecule has 128 valence electrons. The molecule has 0 aliphatic carbocycles. The molecule has 6 nitrogen and oxygen atoms in total. The Kier molecular flexibility index (Phi) is 4.30. The highest BCUT2D eigenvalue weighted by Crippen LogP contribution is 2.20. The zero-order valence-electron chi connectivity index (χ0n) is 14.1. The van der Waals surface area contributed by atoms with Gasteiger partial charge in [0.2, 0.25) is 0 Å². The van der Waals surface area contributed by atoms with Gasteiger partial charge in [-0.15, -0.1) is 6.42 Å². The van der Waals surface area contributed by atoms with Gasteiger partial charge in [0.05, 0.1) is 11.3 Å². The highest BCUT2D eigenvalue weighted by atomic mass is 16.1. The van der Waals surface area contributed by atoms with E-state index in [2.05, 4.69) is 30.8 Å². The van der Waals surface area contributed by atoms with Gasteiger partial charge in [-0.3, -0.25) is 9.69 Å². The maximum Gasteiger partial charge on any atom is 0.254 e. The zero-order valence-corrected chi connectivity index (χ0v) is 14.1. The predicted molar refractivity (Wildman–Crippen MR) is 98.1 cm³/mol. The van der Waals surface area contributed by atoms with E-state index in [-0.39, 0.29) is 5.56 Å². The summed E-state index contributed by atoms with van der Waals surface area (Å²) in [6, 6.07) is 7.93. The minimum Gasteiger partial charge on any atom is -0.306 e. The number of terminal acetylenes is 1. The van der Waals surface area contributed by atoms with E-state index < -0.39 is 0 Å². The summed E-state index contributed by atoms with van der Waals surface area (Å²) >= 11 is 0. The van der Waals surface area contributed by atoms with Gasteiger partial charge in [-0.25, -0.2) is 15.0 Å². The largest absolute Gasteiger partial charge is 0.306 e. The highest BCUT2D eigenvalue weighted by molar-refractivity contribution is 5.52. The van der Waals surface area contributed by atoms with Gasteiger partial charge in [-0.05, 0) is 18.1 Å². The van der Waals surface area contributed by atoms with Crippen LogP contribution in [-0.2, 0) is 19.5 Å². The second kappa shape index (κ2) is 6.90. The smallest absolute Gasteiger partial charge is 0.254 e. The Labute approximate surface area is 151 Å². The lowest BCUT2D eigenvalue weighted by Gasteiger charge is -2.28. The van der Waals surface area contributed by atoms with Gasteiger partial charge in [0, 0.05) is 43.2 Å². The van der Waals surface area contributed by atoms with Gasteiger partial charge in [-0.2, -0.15) is 0 Å². The first-order chi connectivity index (χ1) is 12.7. The summed E-state index contributed by atoms with van der Waals surface area (Å²) in [6.45, 7) is 2.14. The van der Waals surface area contributed by atoms with Crippen molar-refractivity contribution in [3.63, 3.8) is 0 Å². The molecule has 1 aromatic carbocycles. The summed E-state index contributed by atoms with van der Waals surface area (Å²) in [4.78, 5) is 30.2. The zero-order chi connectivity index (χ0) is 17.9. The van der Waals surface area contributed by atoms with E-state index in [4.69, 9.17) is 6.42 Å². The SMILES string of the molecule is C#Cc1ccccc1CN1CCc2c(nc(-c3cncnc3)[nH]c2=O)C1.